The van der Waals surface area contributed by atoms with E-state index in [1.54, 1.807) is 10.9 Å². The summed E-state index contributed by atoms with van der Waals surface area (Å²) < 4.78 is 1.79. The molecule has 1 fully saturated rings. The summed E-state index contributed by atoms with van der Waals surface area (Å²) in [6, 6.07) is 6.64. The van der Waals surface area contributed by atoms with Crippen LogP contribution in [-0.2, 0) is 13.0 Å². The van der Waals surface area contributed by atoms with Gasteiger partial charge in [-0.3, -0.25) is 9.67 Å². The Morgan fingerprint density at radius 2 is 2.00 bits per heavy atom. The highest BCUT2D eigenvalue weighted by Gasteiger charge is 2.23. The van der Waals surface area contributed by atoms with Crippen molar-refractivity contribution in [1.82, 2.24) is 24.6 Å². The molecular weight excluding hydrogens is 314 g/mol. The number of likely N-dealkylation sites (N-methyl/N-ethyl adjacent to an activating group) is 1. The monoisotopic (exact) mass is 343 g/mol. The van der Waals surface area contributed by atoms with Gasteiger partial charge in [-0.1, -0.05) is 0 Å². The molecule has 1 aliphatic heterocycles. The van der Waals surface area contributed by atoms with E-state index in [2.05, 4.69) is 39.1 Å². The molecule has 1 unspecified atom stereocenters. The molecule has 0 radical (unpaired) electrons. The number of aliphatic hydroxyl groups excluding tert-OH is 1. The first-order valence-electron chi connectivity index (χ1n) is 9.17. The second-order valence-electron chi connectivity index (χ2n) is 7.00. The summed E-state index contributed by atoms with van der Waals surface area (Å²) in [6.07, 6.45) is 10.4. The molecule has 0 bridgehead atoms. The minimum atomic E-state index is -0.380. The van der Waals surface area contributed by atoms with Crippen molar-refractivity contribution < 1.29 is 5.11 Å². The van der Waals surface area contributed by atoms with E-state index >= 15 is 0 Å². The molecule has 2 aromatic rings. The molecule has 1 saturated heterocycles. The van der Waals surface area contributed by atoms with Gasteiger partial charge in [-0.2, -0.15) is 5.10 Å². The lowest BCUT2D eigenvalue weighted by molar-refractivity contribution is 0.0639. The molecule has 0 aromatic carbocycles. The minimum absolute atomic E-state index is 0.380. The zero-order valence-corrected chi connectivity index (χ0v) is 15.0. The zero-order chi connectivity index (χ0) is 17.5. The van der Waals surface area contributed by atoms with Gasteiger partial charge in [0.25, 0.3) is 0 Å². The van der Waals surface area contributed by atoms with Crippen LogP contribution in [0.25, 0.3) is 0 Å². The quantitative estimate of drug-likeness (QED) is 0.782. The first kappa shape index (κ1) is 18.0. The first-order valence-corrected chi connectivity index (χ1v) is 9.17. The molecule has 6 heteroatoms. The Morgan fingerprint density at radius 1 is 1.24 bits per heavy atom. The zero-order valence-electron chi connectivity index (χ0n) is 15.0. The smallest absolute Gasteiger partial charge is 0.0862 e. The molecule has 136 valence electrons. The van der Waals surface area contributed by atoms with Crippen molar-refractivity contribution in [3.63, 3.8) is 0 Å². The van der Waals surface area contributed by atoms with E-state index in [9.17, 15) is 5.11 Å². The van der Waals surface area contributed by atoms with E-state index < -0.39 is 0 Å². The van der Waals surface area contributed by atoms with Crippen LogP contribution in [0.4, 0.5) is 0 Å². The number of aliphatic hydroxyl groups is 1. The average molecular weight is 343 g/mol. The summed E-state index contributed by atoms with van der Waals surface area (Å²) in [4.78, 5) is 8.93. The predicted molar refractivity (Wildman–Crippen MR) is 98.3 cm³/mol. The van der Waals surface area contributed by atoms with Gasteiger partial charge in [0.05, 0.1) is 12.6 Å². The van der Waals surface area contributed by atoms with E-state index in [-0.39, 0.29) is 6.10 Å². The van der Waals surface area contributed by atoms with E-state index in [1.165, 1.54) is 18.4 Å². The highest BCUT2D eigenvalue weighted by Crippen LogP contribution is 2.16. The normalized spacial score (nSPS) is 17.9. The molecule has 6 nitrogen and oxygen atoms in total. The maximum atomic E-state index is 10.3. The molecule has 1 aliphatic rings. The summed E-state index contributed by atoms with van der Waals surface area (Å²) >= 11 is 0. The molecule has 0 saturated carbocycles. The van der Waals surface area contributed by atoms with Crippen molar-refractivity contribution in [3.05, 3.63) is 48.5 Å². The maximum Gasteiger partial charge on any atom is 0.0862 e. The standard InChI is InChI=1S/C19H29N5O/c1-22(15-19(25)16-24-11-2-8-21-24)18-6-13-23(14-7-18)12-5-17-3-9-20-10-4-17/h2-4,8-11,18-19,25H,5-7,12-16H2,1H3. The molecule has 1 atom stereocenters. The number of aromatic nitrogens is 3. The Morgan fingerprint density at radius 3 is 2.68 bits per heavy atom. The second kappa shape index (κ2) is 9.08. The summed E-state index contributed by atoms with van der Waals surface area (Å²) in [6.45, 7) is 4.64. The molecule has 0 amide bonds. The van der Waals surface area contributed by atoms with E-state index in [0.29, 0.717) is 19.1 Å². The van der Waals surface area contributed by atoms with Crippen molar-refractivity contribution in [1.29, 1.82) is 0 Å². The van der Waals surface area contributed by atoms with Crippen molar-refractivity contribution >= 4 is 0 Å². The third kappa shape index (κ3) is 5.63. The van der Waals surface area contributed by atoms with Crippen LogP contribution in [0.1, 0.15) is 18.4 Å². The Bertz CT molecular complexity index is 596. The Balaban J connectivity index is 1.36. The summed E-state index contributed by atoms with van der Waals surface area (Å²) in [7, 11) is 2.13. The Hall–Kier alpha value is -1.76. The lowest BCUT2D eigenvalue weighted by atomic mass is 10.0. The van der Waals surface area contributed by atoms with Gasteiger partial charge in [0.2, 0.25) is 0 Å². The molecular formula is C19H29N5O. The van der Waals surface area contributed by atoms with Gasteiger partial charge in [-0.05, 0) is 63.2 Å². The molecule has 0 spiro atoms. The Kier molecular flexibility index (Phi) is 6.55. The maximum absolute atomic E-state index is 10.3. The molecule has 2 aromatic heterocycles. The van der Waals surface area contributed by atoms with Crippen LogP contribution in [0.5, 0.6) is 0 Å². The number of piperidine rings is 1. The van der Waals surface area contributed by atoms with Crippen LogP contribution in [0.3, 0.4) is 0 Å². The van der Waals surface area contributed by atoms with Crippen LogP contribution >= 0.6 is 0 Å². The molecule has 0 aliphatic carbocycles. The number of hydrogen-bond acceptors (Lipinski definition) is 5. The summed E-state index contributed by atoms with van der Waals surface area (Å²) in [5.41, 5.74) is 1.36. The van der Waals surface area contributed by atoms with Gasteiger partial charge in [-0.15, -0.1) is 0 Å². The lowest BCUT2D eigenvalue weighted by Gasteiger charge is -2.37. The Labute approximate surface area is 150 Å². The third-order valence-corrected chi connectivity index (χ3v) is 5.10. The van der Waals surface area contributed by atoms with Gasteiger partial charge < -0.3 is 14.9 Å². The highest BCUT2D eigenvalue weighted by atomic mass is 16.3. The van der Waals surface area contributed by atoms with Crippen LogP contribution in [-0.4, -0.2) is 75.0 Å². The third-order valence-electron chi connectivity index (χ3n) is 5.10. The number of nitrogens with zero attached hydrogens (tertiary/aromatic N) is 5. The number of pyridine rings is 1. The largest absolute Gasteiger partial charge is 0.390 e. The first-order chi connectivity index (χ1) is 12.2. The van der Waals surface area contributed by atoms with Crippen LogP contribution in [0.2, 0.25) is 0 Å². The van der Waals surface area contributed by atoms with Crippen molar-refractivity contribution in [2.75, 3.05) is 33.2 Å². The predicted octanol–water partition coefficient (Wildman–Crippen LogP) is 1.28. The van der Waals surface area contributed by atoms with Gasteiger partial charge in [0.1, 0.15) is 0 Å². The fraction of sp³-hybridized carbons (Fsp3) is 0.579. The molecule has 25 heavy (non-hydrogen) atoms. The number of likely N-dealkylation sites (tertiary alicyclic amines) is 1. The average Bonchev–Trinajstić information content (AvgIpc) is 3.14. The molecule has 3 rings (SSSR count). The van der Waals surface area contributed by atoms with Gasteiger partial charge in [0.15, 0.2) is 0 Å². The van der Waals surface area contributed by atoms with Crippen molar-refractivity contribution in [3.8, 4) is 0 Å². The van der Waals surface area contributed by atoms with E-state index in [1.807, 2.05) is 24.7 Å². The molecule has 3 heterocycles. The lowest BCUT2D eigenvalue weighted by Crippen LogP contribution is -2.46. The van der Waals surface area contributed by atoms with Crippen LogP contribution < -0.4 is 0 Å². The number of rotatable bonds is 8. The molecule has 1 N–H and O–H groups in total. The topological polar surface area (TPSA) is 57.4 Å². The van der Waals surface area contributed by atoms with Crippen molar-refractivity contribution in [2.24, 2.45) is 0 Å². The summed E-state index contributed by atoms with van der Waals surface area (Å²) in [5.74, 6) is 0. The van der Waals surface area contributed by atoms with Gasteiger partial charge in [-0.25, -0.2) is 0 Å². The minimum Gasteiger partial charge on any atom is -0.390 e. The van der Waals surface area contributed by atoms with Gasteiger partial charge in [0, 0.05) is 43.9 Å². The SMILES string of the molecule is CN(CC(O)Cn1cccn1)C1CCN(CCc2ccncc2)CC1. The van der Waals surface area contributed by atoms with Gasteiger partial charge >= 0.3 is 0 Å². The fourth-order valence-electron chi connectivity index (χ4n) is 3.58. The number of hydrogen-bond donors (Lipinski definition) is 1. The van der Waals surface area contributed by atoms with E-state index in [0.717, 1.165) is 26.1 Å². The van der Waals surface area contributed by atoms with Crippen molar-refractivity contribution in [2.45, 2.75) is 38.0 Å². The van der Waals surface area contributed by atoms with E-state index in [4.69, 9.17) is 0 Å². The van der Waals surface area contributed by atoms with Crippen LogP contribution in [0, 0.1) is 0 Å². The highest BCUT2D eigenvalue weighted by molar-refractivity contribution is 5.09. The summed E-state index contributed by atoms with van der Waals surface area (Å²) in [5, 5.41) is 14.4. The van der Waals surface area contributed by atoms with Crippen LogP contribution in [0.15, 0.2) is 43.0 Å². The second-order valence-corrected chi connectivity index (χ2v) is 7.00. The fourth-order valence-corrected chi connectivity index (χ4v) is 3.58.